The molecule has 4 rings (SSSR count). The minimum absolute atomic E-state index is 0. The van der Waals surface area contributed by atoms with Crippen LogP contribution in [0.3, 0.4) is 0 Å². The van der Waals surface area contributed by atoms with Crippen LogP contribution in [0.4, 0.5) is 0 Å². The molecule has 160 valence electrons. The number of fused-ring (bicyclic) bond motifs is 3. The molecule has 2 aromatic rings. The van der Waals surface area contributed by atoms with Crippen LogP contribution < -0.4 is 24.8 Å². The average Bonchev–Trinajstić information content (AvgIpc) is 3.31. The van der Waals surface area contributed by atoms with Gasteiger partial charge in [-0.2, -0.15) is 35.9 Å². The van der Waals surface area contributed by atoms with Crippen molar-refractivity contribution in [1.29, 1.82) is 0 Å². The van der Waals surface area contributed by atoms with Gasteiger partial charge in [-0.3, -0.25) is 6.08 Å². The molecule has 0 heterocycles. The molecule has 0 atom stereocenters. The maximum Gasteiger partial charge on any atom is -0.0253 e. The Morgan fingerprint density at radius 1 is 0.867 bits per heavy atom. The van der Waals surface area contributed by atoms with Crippen LogP contribution in [0.25, 0.3) is 11.1 Å². The van der Waals surface area contributed by atoms with Crippen LogP contribution in [0, 0.1) is 23.0 Å². The predicted octanol–water partition coefficient (Wildman–Crippen LogP) is 1.17. The summed E-state index contributed by atoms with van der Waals surface area (Å²) in [6.07, 6.45) is 11.0. The zero-order valence-corrected chi connectivity index (χ0v) is 22.9. The first-order valence-electron chi connectivity index (χ1n) is 10.00. The van der Waals surface area contributed by atoms with Gasteiger partial charge in [0, 0.05) is 0 Å². The molecule has 0 aromatic heterocycles. The van der Waals surface area contributed by atoms with E-state index >= 15 is 0 Å². The van der Waals surface area contributed by atoms with Crippen molar-refractivity contribution in [1.82, 2.24) is 0 Å². The van der Waals surface area contributed by atoms with Crippen LogP contribution in [0.1, 0.15) is 59.1 Å². The minimum atomic E-state index is 0. The SMILES string of the molecule is CC(C)(C)[C](=[Zr+2])C(C)(C)C.[C-]1=CC=CC1.[Cl-].[Cl-].[c-]1cccc2c1Cc1ccccc1-2. The summed E-state index contributed by atoms with van der Waals surface area (Å²) < 4.78 is 1.66. The minimum Gasteiger partial charge on any atom is -1.00 e. The van der Waals surface area contributed by atoms with Gasteiger partial charge >= 0.3 is 79.8 Å². The molecule has 30 heavy (non-hydrogen) atoms. The molecular weight excluding hydrogens is 486 g/mol. The number of hydrogen-bond acceptors (Lipinski definition) is 0. The monoisotopic (exact) mass is 516 g/mol. The molecule has 0 saturated carbocycles. The second-order valence-corrected chi connectivity index (χ2v) is 10.5. The van der Waals surface area contributed by atoms with E-state index in [-0.39, 0.29) is 24.8 Å². The maximum atomic E-state index is 3.30. The summed E-state index contributed by atoms with van der Waals surface area (Å²) in [5, 5.41) is 0. The topological polar surface area (TPSA) is 0 Å². The third-order valence-corrected chi connectivity index (χ3v) is 8.39. The smallest absolute Gasteiger partial charge is 0.0253 e. The molecule has 3 heteroatoms. The first kappa shape index (κ1) is 29.3. The van der Waals surface area contributed by atoms with Crippen molar-refractivity contribution in [2.45, 2.75) is 54.4 Å². The van der Waals surface area contributed by atoms with E-state index < -0.39 is 0 Å². The van der Waals surface area contributed by atoms with Crippen molar-refractivity contribution in [3.05, 3.63) is 84.0 Å². The molecule has 0 unspecified atom stereocenters. The summed E-state index contributed by atoms with van der Waals surface area (Å²) in [5.74, 6) is 0. The molecule has 2 aliphatic rings. The molecule has 0 aliphatic heterocycles. The van der Waals surface area contributed by atoms with Gasteiger partial charge in [-0.25, -0.2) is 12.2 Å². The van der Waals surface area contributed by atoms with Gasteiger partial charge in [0.1, 0.15) is 0 Å². The quantitative estimate of drug-likeness (QED) is 0.392. The van der Waals surface area contributed by atoms with Gasteiger partial charge in [0.2, 0.25) is 0 Å². The summed E-state index contributed by atoms with van der Waals surface area (Å²) in [6.45, 7) is 13.8. The fourth-order valence-electron chi connectivity index (χ4n) is 3.46. The van der Waals surface area contributed by atoms with E-state index in [0.717, 1.165) is 12.8 Å². The molecule has 0 spiro atoms. The van der Waals surface area contributed by atoms with Gasteiger partial charge in [-0.15, -0.1) is 12.0 Å². The zero-order chi connectivity index (χ0) is 20.8. The molecule has 0 N–H and O–H groups in total. The second-order valence-electron chi connectivity index (χ2n) is 9.27. The standard InChI is InChI=1S/C13H9.C9H18.C5H5.2ClH.Zr/c1-3-7-12-10(5-1)9-11-6-2-4-8-13(11)12;1-8(2,3)7-9(4,5)6;1-2-4-5-3-1;;;/h1-5,7-8H,9H2;1-6H3;1-3H,4H2;2*1H;/q-1;;-1;;;+2/p-2. The van der Waals surface area contributed by atoms with E-state index in [1.54, 1.807) is 27.4 Å². The second kappa shape index (κ2) is 13.0. The van der Waals surface area contributed by atoms with E-state index in [4.69, 9.17) is 0 Å². The van der Waals surface area contributed by atoms with Crippen LogP contribution in [0.2, 0.25) is 0 Å². The van der Waals surface area contributed by atoms with Crippen molar-refractivity contribution in [2.24, 2.45) is 10.8 Å². The van der Waals surface area contributed by atoms with Crippen LogP contribution in [0.5, 0.6) is 0 Å². The average molecular weight is 519 g/mol. The van der Waals surface area contributed by atoms with E-state index in [0.29, 0.717) is 10.8 Å². The first-order chi connectivity index (χ1) is 13.1. The maximum absolute atomic E-state index is 3.30. The van der Waals surface area contributed by atoms with Gasteiger partial charge in [-0.1, -0.05) is 35.4 Å². The molecule has 0 radical (unpaired) electrons. The summed E-state index contributed by atoms with van der Waals surface area (Å²) in [5.41, 5.74) is 6.31. The van der Waals surface area contributed by atoms with Gasteiger partial charge in [0.05, 0.1) is 0 Å². The van der Waals surface area contributed by atoms with Crippen molar-refractivity contribution in [3.63, 3.8) is 0 Å². The molecule has 2 aliphatic carbocycles. The fraction of sp³-hybridized carbons (Fsp3) is 0.370. The number of rotatable bonds is 0. The van der Waals surface area contributed by atoms with Crippen LogP contribution in [-0.2, 0) is 30.7 Å². The van der Waals surface area contributed by atoms with E-state index in [2.05, 4.69) is 96.2 Å². The molecule has 0 nitrogen and oxygen atoms in total. The van der Waals surface area contributed by atoms with Crippen LogP contribution in [0.15, 0.2) is 60.7 Å². The molecule has 0 fully saturated rings. The van der Waals surface area contributed by atoms with Crippen molar-refractivity contribution in [3.8, 4) is 11.1 Å². The van der Waals surface area contributed by atoms with Crippen molar-refractivity contribution in [2.75, 3.05) is 0 Å². The largest absolute Gasteiger partial charge is 1.00 e. The Balaban J connectivity index is 0.000000444. The third kappa shape index (κ3) is 8.78. The predicted molar refractivity (Wildman–Crippen MR) is 119 cm³/mol. The Morgan fingerprint density at radius 2 is 1.47 bits per heavy atom. The number of allylic oxidation sites excluding steroid dienone is 4. The van der Waals surface area contributed by atoms with Crippen molar-refractivity contribution < 1.29 is 49.0 Å². The fourth-order valence-corrected chi connectivity index (χ4v) is 3.46. The Hall–Kier alpha value is -0.747. The van der Waals surface area contributed by atoms with E-state index in [9.17, 15) is 0 Å². The summed E-state index contributed by atoms with van der Waals surface area (Å²) in [7, 11) is 0. The zero-order valence-electron chi connectivity index (χ0n) is 18.9. The number of hydrogen-bond donors (Lipinski definition) is 0. The van der Waals surface area contributed by atoms with E-state index in [1.165, 1.54) is 22.3 Å². The van der Waals surface area contributed by atoms with Gasteiger partial charge in [0.15, 0.2) is 0 Å². The summed E-state index contributed by atoms with van der Waals surface area (Å²) in [6, 6.07) is 18.1. The number of halogens is 2. The summed E-state index contributed by atoms with van der Waals surface area (Å²) in [4.78, 5) is 0. The Bertz CT molecular complexity index is 795. The van der Waals surface area contributed by atoms with Gasteiger partial charge in [0.25, 0.3) is 0 Å². The molecule has 0 bridgehead atoms. The first-order valence-corrected chi connectivity index (χ1v) is 11.2. The normalized spacial score (nSPS) is 12.8. The molecule has 0 saturated heterocycles. The van der Waals surface area contributed by atoms with Crippen LogP contribution in [-0.4, -0.2) is 3.21 Å². The molecule has 0 amide bonds. The Morgan fingerprint density at radius 3 is 1.93 bits per heavy atom. The molecule has 2 aromatic carbocycles. The van der Waals surface area contributed by atoms with Crippen LogP contribution >= 0.6 is 0 Å². The summed E-state index contributed by atoms with van der Waals surface area (Å²) >= 11 is 1.59. The van der Waals surface area contributed by atoms with Gasteiger partial charge < -0.3 is 24.8 Å². The Kier molecular flexibility index (Phi) is 12.6. The Labute approximate surface area is 211 Å². The van der Waals surface area contributed by atoms with Gasteiger partial charge in [-0.05, 0) is 6.42 Å². The third-order valence-electron chi connectivity index (χ3n) is 4.70. The van der Waals surface area contributed by atoms with Crippen molar-refractivity contribution >= 4 is 3.21 Å². The van der Waals surface area contributed by atoms with E-state index in [1.807, 2.05) is 18.2 Å². The number of benzene rings is 2. The molecular formula is C27H32Cl2Zr-2.